The van der Waals surface area contributed by atoms with E-state index >= 15 is 0 Å². The van der Waals surface area contributed by atoms with E-state index in [1.54, 1.807) is 41.8 Å². The largest absolute Gasteiger partial charge is 0.349 e. The smallest absolute Gasteiger partial charge is 0.271 e. The van der Waals surface area contributed by atoms with E-state index in [4.69, 9.17) is 5.73 Å². The van der Waals surface area contributed by atoms with Gasteiger partial charge in [-0.2, -0.15) is 0 Å². The second-order valence-electron chi connectivity index (χ2n) is 6.48. The Morgan fingerprint density at radius 3 is 2.73 bits per heavy atom. The predicted octanol–water partition coefficient (Wildman–Crippen LogP) is 2.80. The molecule has 1 aliphatic carbocycles. The Hall–Kier alpha value is -1.90. The number of nitrogens with one attached hydrogen (secondary N) is 2. The molecule has 0 saturated heterocycles. The van der Waals surface area contributed by atoms with Crippen molar-refractivity contribution in [2.75, 3.05) is 11.3 Å². The zero-order valence-electron chi connectivity index (χ0n) is 14.4. The number of sulfonamides is 1. The third kappa shape index (κ3) is 4.44. The van der Waals surface area contributed by atoms with Crippen molar-refractivity contribution < 1.29 is 13.2 Å². The van der Waals surface area contributed by atoms with E-state index in [0.717, 1.165) is 37.0 Å². The van der Waals surface area contributed by atoms with Crippen LogP contribution in [0.15, 0.2) is 46.0 Å². The maximum atomic E-state index is 12.6. The SMILES string of the molecule is NCC1CCCCC1NC(=O)c1cccc(NS(=O)(=O)c2cccs2)c1. The van der Waals surface area contributed by atoms with Crippen molar-refractivity contribution in [2.24, 2.45) is 11.7 Å². The molecule has 6 nitrogen and oxygen atoms in total. The number of carbonyl (C=O) groups is 1. The molecule has 0 radical (unpaired) electrons. The fourth-order valence-electron chi connectivity index (χ4n) is 3.28. The molecule has 1 heterocycles. The van der Waals surface area contributed by atoms with E-state index in [0.29, 0.717) is 23.7 Å². The summed E-state index contributed by atoms with van der Waals surface area (Å²) in [6.07, 6.45) is 4.19. The molecule has 1 saturated carbocycles. The van der Waals surface area contributed by atoms with Crippen LogP contribution in [0.2, 0.25) is 0 Å². The van der Waals surface area contributed by atoms with Crippen molar-refractivity contribution in [1.29, 1.82) is 0 Å². The average Bonchev–Trinajstić information content (AvgIpc) is 3.18. The predicted molar refractivity (Wildman–Crippen MR) is 104 cm³/mol. The van der Waals surface area contributed by atoms with E-state index in [9.17, 15) is 13.2 Å². The quantitative estimate of drug-likeness (QED) is 0.702. The molecule has 4 N–H and O–H groups in total. The molecular formula is C18H23N3O3S2. The minimum atomic E-state index is -3.63. The molecule has 0 bridgehead atoms. The second-order valence-corrected chi connectivity index (χ2v) is 9.34. The lowest BCUT2D eigenvalue weighted by Gasteiger charge is -2.31. The summed E-state index contributed by atoms with van der Waals surface area (Å²) in [6, 6.07) is 9.83. The lowest BCUT2D eigenvalue weighted by molar-refractivity contribution is 0.0908. The van der Waals surface area contributed by atoms with Crippen LogP contribution in [0.1, 0.15) is 36.0 Å². The molecule has 1 aromatic carbocycles. The number of amides is 1. The van der Waals surface area contributed by atoms with Crippen molar-refractivity contribution in [2.45, 2.75) is 35.9 Å². The summed E-state index contributed by atoms with van der Waals surface area (Å²) in [5.74, 6) is 0.0979. The minimum Gasteiger partial charge on any atom is -0.349 e. The van der Waals surface area contributed by atoms with Gasteiger partial charge in [0.1, 0.15) is 4.21 Å². The van der Waals surface area contributed by atoms with Gasteiger partial charge in [0.15, 0.2) is 0 Å². The minimum absolute atomic E-state index is 0.0766. The van der Waals surface area contributed by atoms with Crippen LogP contribution in [0, 0.1) is 5.92 Å². The van der Waals surface area contributed by atoms with Gasteiger partial charge in [-0.05, 0) is 54.9 Å². The van der Waals surface area contributed by atoms with Gasteiger partial charge in [-0.25, -0.2) is 8.42 Å². The van der Waals surface area contributed by atoms with Gasteiger partial charge in [0.25, 0.3) is 15.9 Å². The molecule has 0 spiro atoms. The molecule has 8 heteroatoms. The molecule has 2 atom stereocenters. The lowest BCUT2D eigenvalue weighted by atomic mass is 9.84. The molecule has 3 rings (SSSR count). The number of thiophene rings is 1. The third-order valence-corrected chi connectivity index (χ3v) is 7.44. The maximum absolute atomic E-state index is 12.6. The van der Waals surface area contributed by atoms with Crippen LogP contribution in [0.3, 0.4) is 0 Å². The Kier molecular flexibility index (Phi) is 5.95. The van der Waals surface area contributed by atoms with Gasteiger partial charge in [-0.1, -0.05) is 25.0 Å². The number of nitrogens with two attached hydrogens (primary N) is 1. The first-order chi connectivity index (χ1) is 12.5. The van der Waals surface area contributed by atoms with Gasteiger partial charge in [-0.15, -0.1) is 11.3 Å². The fraction of sp³-hybridized carbons (Fsp3) is 0.389. The molecule has 1 fully saturated rings. The molecule has 1 aromatic heterocycles. The number of benzene rings is 1. The topological polar surface area (TPSA) is 101 Å². The van der Waals surface area contributed by atoms with Crippen molar-refractivity contribution in [3.05, 3.63) is 47.3 Å². The summed E-state index contributed by atoms with van der Waals surface area (Å²) in [5, 5.41) is 4.76. The van der Waals surface area contributed by atoms with E-state index in [1.165, 1.54) is 0 Å². The molecule has 140 valence electrons. The zero-order valence-corrected chi connectivity index (χ0v) is 16.0. The van der Waals surface area contributed by atoms with Crippen LogP contribution >= 0.6 is 11.3 Å². The summed E-state index contributed by atoms with van der Waals surface area (Å²) in [4.78, 5) is 12.6. The van der Waals surface area contributed by atoms with E-state index < -0.39 is 10.0 Å². The van der Waals surface area contributed by atoms with Gasteiger partial charge in [0, 0.05) is 17.3 Å². The molecule has 1 aliphatic rings. The molecule has 2 unspecified atom stereocenters. The van der Waals surface area contributed by atoms with Crippen LogP contribution in [-0.4, -0.2) is 26.9 Å². The summed E-state index contributed by atoms with van der Waals surface area (Å²) in [5.41, 5.74) is 6.62. The van der Waals surface area contributed by atoms with Crippen LogP contribution < -0.4 is 15.8 Å². The normalized spacial score (nSPS) is 20.5. The number of anilines is 1. The maximum Gasteiger partial charge on any atom is 0.271 e. The van der Waals surface area contributed by atoms with Crippen LogP contribution in [0.5, 0.6) is 0 Å². The van der Waals surface area contributed by atoms with E-state index in [1.807, 2.05) is 0 Å². The van der Waals surface area contributed by atoms with Crippen molar-refractivity contribution in [3.8, 4) is 0 Å². The Labute approximate surface area is 157 Å². The van der Waals surface area contributed by atoms with Gasteiger partial charge in [0.2, 0.25) is 0 Å². The Balaban J connectivity index is 1.71. The summed E-state index contributed by atoms with van der Waals surface area (Å²) in [6.45, 7) is 0.561. The number of carbonyl (C=O) groups excluding carboxylic acids is 1. The number of rotatable bonds is 6. The highest BCUT2D eigenvalue weighted by Crippen LogP contribution is 2.24. The zero-order chi connectivity index (χ0) is 18.6. The number of hydrogen-bond donors (Lipinski definition) is 3. The van der Waals surface area contributed by atoms with Crippen LogP contribution in [0.4, 0.5) is 5.69 Å². The van der Waals surface area contributed by atoms with Crippen LogP contribution in [-0.2, 0) is 10.0 Å². The van der Waals surface area contributed by atoms with E-state index in [2.05, 4.69) is 10.0 Å². The Morgan fingerprint density at radius 2 is 2.00 bits per heavy atom. The van der Waals surface area contributed by atoms with Crippen molar-refractivity contribution >= 4 is 33.0 Å². The third-order valence-electron chi connectivity index (χ3n) is 4.67. The molecule has 0 aliphatic heterocycles. The first kappa shape index (κ1) is 18.9. The summed E-state index contributed by atoms with van der Waals surface area (Å²) < 4.78 is 27.4. The Morgan fingerprint density at radius 1 is 1.19 bits per heavy atom. The highest BCUT2D eigenvalue weighted by Gasteiger charge is 2.25. The average molecular weight is 394 g/mol. The number of hydrogen-bond acceptors (Lipinski definition) is 5. The molecule has 1 amide bonds. The second kappa shape index (κ2) is 8.20. The summed E-state index contributed by atoms with van der Waals surface area (Å²) in [7, 11) is -3.63. The first-order valence-electron chi connectivity index (χ1n) is 8.67. The Bertz CT molecular complexity index is 850. The lowest BCUT2D eigenvalue weighted by Crippen LogP contribution is -2.44. The van der Waals surface area contributed by atoms with E-state index in [-0.39, 0.29) is 16.2 Å². The van der Waals surface area contributed by atoms with Crippen LogP contribution in [0.25, 0.3) is 0 Å². The molecule has 26 heavy (non-hydrogen) atoms. The van der Waals surface area contributed by atoms with Gasteiger partial charge in [-0.3, -0.25) is 9.52 Å². The molecular weight excluding hydrogens is 370 g/mol. The summed E-state index contributed by atoms with van der Waals surface area (Å²) >= 11 is 1.14. The highest BCUT2D eigenvalue weighted by atomic mass is 32.2. The van der Waals surface area contributed by atoms with Gasteiger partial charge < -0.3 is 11.1 Å². The highest BCUT2D eigenvalue weighted by molar-refractivity contribution is 7.94. The standard InChI is InChI=1S/C18H23N3O3S2/c19-12-14-5-1-2-8-16(14)20-18(22)13-6-3-7-15(11-13)21-26(23,24)17-9-4-10-25-17/h3-4,6-7,9-11,14,16,21H,1-2,5,8,12,19H2,(H,20,22). The van der Waals surface area contributed by atoms with Crippen molar-refractivity contribution in [1.82, 2.24) is 5.32 Å². The fourth-order valence-corrected chi connectivity index (χ4v) is 5.32. The monoisotopic (exact) mass is 393 g/mol. The van der Waals surface area contributed by atoms with Gasteiger partial charge in [0.05, 0.1) is 0 Å². The molecule has 2 aromatic rings. The first-order valence-corrected chi connectivity index (χ1v) is 11.0. The van der Waals surface area contributed by atoms with Crippen molar-refractivity contribution in [3.63, 3.8) is 0 Å². The van der Waals surface area contributed by atoms with Gasteiger partial charge >= 0.3 is 0 Å².